The monoisotopic (exact) mass is 366 g/mol. The van der Waals surface area contributed by atoms with Crippen LogP contribution in [0.15, 0.2) is 40.3 Å². The van der Waals surface area contributed by atoms with Gasteiger partial charge in [-0.3, -0.25) is 20.2 Å². The Kier molecular flexibility index (Phi) is 4.21. The molecule has 2 N–H and O–H groups in total. The predicted molar refractivity (Wildman–Crippen MR) is 91.0 cm³/mol. The van der Waals surface area contributed by atoms with Crippen molar-refractivity contribution in [2.75, 3.05) is 0 Å². The summed E-state index contributed by atoms with van der Waals surface area (Å²) in [6.45, 7) is 0. The number of benzene rings is 1. The highest BCUT2D eigenvalue weighted by Gasteiger charge is 2.26. The molecule has 1 saturated heterocycles. The first-order valence-corrected chi connectivity index (χ1v) is 7.53. The molecule has 8 heteroatoms. The molecule has 2 heterocycles. The topological polar surface area (TPSA) is 71.3 Å². The van der Waals surface area contributed by atoms with Gasteiger partial charge >= 0.3 is 0 Å². The maximum absolute atomic E-state index is 11.8. The Bertz CT molecular complexity index is 831. The lowest BCUT2D eigenvalue weighted by molar-refractivity contribution is -0.123. The third-order valence-corrected chi connectivity index (χ3v) is 3.64. The molecule has 1 aromatic carbocycles. The van der Waals surface area contributed by atoms with Crippen LogP contribution >= 0.6 is 35.4 Å². The number of carbonyl (C=O) groups is 2. The van der Waals surface area contributed by atoms with Crippen LogP contribution in [0.25, 0.3) is 17.4 Å². The van der Waals surface area contributed by atoms with E-state index in [-0.39, 0.29) is 10.7 Å². The number of halogens is 2. The van der Waals surface area contributed by atoms with Crippen molar-refractivity contribution in [2.45, 2.75) is 0 Å². The molecule has 1 aromatic heterocycles. The molecule has 1 aliphatic rings. The highest BCUT2D eigenvalue weighted by atomic mass is 35.5. The zero-order valence-corrected chi connectivity index (χ0v) is 13.7. The smallest absolute Gasteiger partial charge is 0.263 e. The van der Waals surface area contributed by atoms with Gasteiger partial charge in [-0.2, -0.15) is 0 Å². The molecule has 5 nitrogen and oxygen atoms in total. The van der Waals surface area contributed by atoms with Crippen molar-refractivity contribution >= 4 is 58.4 Å². The lowest BCUT2D eigenvalue weighted by atomic mass is 10.1. The van der Waals surface area contributed by atoms with Gasteiger partial charge in [0.2, 0.25) is 0 Å². The molecule has 1 fully saturated rings. The molecular formula is C15H8Cl2N2O3S. The van der Waals surface area contributed by atoms with Crippen molar-refractivity contribution in [1.82, 2.24) is 10.6 Å². The van der Waals surface area contributed by atoms with E-state index < -0.39 is 11.8 Å². The molecule has 2 aromatic rings. The SMILES string of the molecule is O=C1NC(=S)NC(=O)C1=Cc1ccc(-c2cc(Cl)cc(Cl)c2)o1. The lowest BCUT2D eigenvalue weighted by Crippen LogP contribution is -2.51. The van der Waals surface area contributed by atoms with Crippen molar-refractivity contribution in [2.24, 2.45) is 0 Å². The van der Waals surface area contributed by atoms with Crippen LogP contribution in [0.5, 0.6) is 0 Å². The lowest BCUT2D eigenvalue weighted by Gasteiger charge is -2.15. The summed E-state index contributed by atoms with van der Waals surface area (Å²) in [7, 11) is 0. The number of rotatable bonds is 2. The van der Waals surface area contributed by atoms with E-state index >= 15 is 0 Å². The fraction of sp³-hybridized carbons (Fsp3) is 0. The Morgan fingerprint density at radius 2 is 1.61 bits per heavy atom. The molecule has 23 heavy (non-hydrogen) atoms. The summed E-state index contributed by atoms with van der Waals surface area (Å²) in [5.41, 5.74) is 0.592. The minimum absolute atomic E-state index is 0.0224. The number of hydrogen-bond acceptors (Lipinski definition) is 4. The number of thiocarbonyl (C=S) groups is 1. The van der Waals surface area contributed by atoms with Gasteiger partial charge in [-0.05, 0) is 48.6 Å². The molecule has 2 amide bonds. The van der Waals surface area contributed by atoms with Gasteiger partial charge in [-0.25, -0.2) is 0 Å². The fourth-order valence-corrected chi connectivity index (χ4v) is 2.74. The molecule has 1 aliphatic heterocycles. The summed E-state index contributed by atoms with van der Waals surface area (Å²) in [4.78, 5) is 23.6. The standard InChI is InChI=1S/C15H8Cl2N2O3S/c16-8-3-7(4-9(17)5-8)12-2-1-10(22-12)6-11-13(20)18-15(23)19-14(11)21/h1-6H,(H2,18,19,20,21,23). The first kappa shape index (κ1) is 15.7. The van der Waals surface area contributed by atoms with Crippen molar-refractivity contribution < 1.29 is 14.0 Å². The van der Waals surface area contributed by atoms with Crippen molar-refractivity contribution in [3.8, 4) is 11.3 Å². The van der Waals surface area contributed by atoms with Crippen molar-refractivity contribution in [3.63, 3.8) is 0 Å². The molecule has 0 unspecified atom stereocenters. The van der Waals surface area contributed by atoms with Crippen LogP contribution in [0.4, 0.5) is 0 Å². The predicted octanol–water partition coefficient (Wildman–Crippen LogP) is 3.17. The minimum atomic E-state index is -0.581. The van der Waals surface area contributed by atoms with Crippen LogP contribution in [0.2, 0.25) is 10.0 Å². The number of nitrogens with one attached hydrogen (secondary N) is 2. The molecule has 0 bridgehead atoms. The molecule has 0 aliphatic carbocycles. The highest BCUT2D eigenvalue weighted by molar-refractivity contribution is 7.80. The Morgan fingerprint density at radius 1 is 1.00 bits per heavy atom. The summed E-state index contributed by atoms with van der Waals surface area (Å²) < 4.78 is 5.62. The summed E-state index contributed by atoms with van der Waals surface area (Å²) >= 11 is 16.6. The van der Waals surface area contributed by atoms with Crippen LogP contribution in [0, 0.1) is 0 Å². The third-order valence-electron chi connectivity index (χ3n) is 3.00. The summed E-state index contributed by atoms with van der Waals surface area (Å²) in [5.74, 6) is -0.317. The Morgan fingerprint density at radius 3 is 2.22 bits per heavy atom. The Balaban J connectivity index is 1.93. The zero-order valence-electron chi connectivity index (χ0n) is 11.4. The van der Waals surface area contributed by atoms with E-state index in [0.29, 0.717) is 27.1 Å². The van der Waals surface area contributed by atoms with Gasteiger partial charge in [-0.15, -0.1) is 0 Å². The normalized spacial score (nSPS) is 14.5. The number of hydrogen-bond donors (Lipinski definition) is 2. The van der Waals surface area contributed by atoms with E-state index in [1.807, 2.05) is 0 Å². The largest absolute Gasteiger partial charge is 0.457 e. The first-order valence-electron chi connectivity index (χ1n) is 6.37. The van der Waals surface area contributed by atoms with E-state index in [1.54, 1.807) is 30.3 Å². The second kappa shape index (κ2) is 6.16. The van der Waals surface area contributed by atoms with E-state index in [1.165, 1.54) is 6.08 Å². The van der Waals surface area contributed by atoms with Gasteiger partial charge in [0.15, 0.2) is 5.11 Å². The van der Waals surface area contributed by atoms with E-state index in [9.17, 15) is 9.59 Å². The van der Waals surface area contributed by atoms with Gasteiger partial charge in [0.25, 0.3) is 11.8 Å². The average molecular weight is 367 g/mol. The third kappa shape index (κ3) is 3.44. The van der Waals surface area contributed by atoms with Gasteiger partial charge in [0.1, 0.15) is 17.1 Å². The average Bonchev–Trinajstić information content (AvgIpc) is 2.90. The van der Waals surface area contributed by atoms with Gasteiger partial charge < -0.3 is 4.42 Å². The number of amides is 2. The second-order valence-electron chi connectivity index (χ2n) is 4.66. The first-order chi connectivity index (χ1) is 10.9. The van der Waals surface area contributed by atoms with E-state index in [2.05, 4.69) is 10.6 Å². The summed E-state index contributed by atoms with van der Waals surface area (Å²) in [6, 6.07) is 8.32. The van der Waals surface area contributed by atoms with Crippen LogP contribution in [0.3, 0.4) is 0 Å². The fourth-order valence-electron chi connectivity index (χ4n) is 2.03. The number of carbonyl (C=O) groups excluding carboxylic acids is 2. The van der Waals surface area contributed by atoms with Crippen LogP contribution in [0.1, 0.15) is 5.76 Å². The van der Waals surface area contributed by atoms with Gasteiger partial charge in [0.05, 0.1) is 0 Å². The van der Waals surface area contributed by atoms with E-state index in [0.717, 1.165) is 0 Å². The second-order valence-corrected chi connectivity index (χ2v) is 5.94. The van der Waals surface area contributed by atoms with Crippen LogP contribution in [-0.2, 0) is 9.59 Å². The maximum Gasteiger partial charge on any atom is 0.263 e. The minimum Gasteiger partial charge on any atom is -0.457 e. The highest BCUT2D eigenvalue weighted by Crippen LogP contribution is 2.29. The Hall–Kier alpha value is -2.15. The van der Waals surface area contributed by atoms with Crippen LogP contribution < -0.4 is 10.6 Å². The molecule has 116 valence electrons. The molecule has 0 radical (unpaired) electrons. The quantitative estimate of drug-likeness (QED) is 0.486. The Labute approximate surface area is 146 Å². The molecule has 0 saturated carbocycles. The maximum atomic E-state index is 11.8. The summed E-state index contributed by atoms with van der Waals surface area (Å²) in [6.07, 6.45) is 1.34. The summed E-state index contributed by atoms with van der Waals surface area (Å²) in [5, 5.41) is 5.63. The van der Waals surface area contributed by atoms with Gasteiger partial charge in [0, 0.05) is 15.6 Å². The molecular weight excluding hydrogens is 359 g/mol. The molecule has 0 atom stereocenters. The zero-order chi connectivity index (χ0) is 16.6. The van der Waals surface area contributed by atoms with Crippen molar-refractivity contribution in [1.29, 1.82) is 0 Å². The van der Waals surface area contributed by atoms with Gasteiger partial charge in [-0.1, -0.05) is 23.2 Å². The molecule has 3 rings (SSSR count). The van der Waals surface area contributed by atoms with Crippen LogP contribution in [-0.4, -0.2) is 16.9 Å². The number of furan rings is 1. The molecule has 0 spiro atoms. The van der Waals surface area contributed by atoms with Crippen molar-refractivity contribution in [3.05, 3.63) is 51.7 Å². The van der Waals surface area contributed by atoms with E-state index in [4.69, 9.17) is 39.8 Å².